The Morgan fingerprint density at radius 1 is 1.07 bits per heavy atom. The molecule has 0 bridgehead atoms. The van der Waals surface area contributed by atoms with Gasteiger partial charge in [0, 0.05) is 5.56 Å². The summed E-state index contributed by atoms with van der Waals surface area (Å²) in [6.07, 6.45) is 1.53. The predicted molar refractivity (Wildman–Crippen MR) is 106 cm³/mol. The number of pyridine rings is 1. The first-order chi connectivity index (χ1) is 13.6. The summed E-state index contributed by atoms with van der Waals surface area (Å²) in [4.78, 5) is 16.3. The normalized spacial score (nSPS) is 10.2. The lowest BCUT2D eigenvalue weighted by Crippen LogP contribution is -2.14. The van der Waals surface area contributed by atoms with E-state index in [1.165, 1.54) is 24.4 Å². The van der Waals surface area contributed by atoms with Crippen LogP contribution in [-0.2, 0) is 0 Å². The molecule has 3 aromatic rings. The number of halogens is 1. The highest BCUT2D eigenvalue weighted by molar-refractivity contribution is 6.04. The minimum Gasteiger partial charge on any atom is -0.497 e. The van der Waals surface area contributed by atoms with Gasteiger partial charge in [-0.2, -0.15) is 0 Å². The summed E-state index contributed by atoms with van der Waals surface area (Å²) < 4.78 is 23.9. The fraction of sp³-hybridized carbons (Fsp3) is 0.143. The van der Waals surface area contributed by atoms with Crippen LogP contribution in [0, 0.1) is 5.82 Å². The van der Waals surface area contributed by atoms with Crippen molar-refractivity contribution in [2.24, 2.45) is 0 Å². The monoisotopic (exact) mass is 381 g/mol. The molecule has 1 aromatic heterocycles. The molecule has 0 aliphatic carbocycles. The highest BCUT2D eigenvalue weighted by atomic mass is 19.1. The molecule has 2 aromatic carbocycles. The maximum absolute atomic E-state index is 13.2. The molecule has 28 heavy (non-hydrogen) atoms. The van der Waals surface area contributed by atoms with Crippen molar-refractivity contribution in [2.45, 2.75) is 0 Å². The summed E-state index contributed by atoms with van der Waals surface area (Å²) in [5.74, 6) is 1.34. The third-order valence-electron chi connectivity index (χ3n) is 3.84. The number of nitrogens with one attached hydrogen (secondary N) is 2. The molecule has 0 saturated carbocycles. The third kappa shape index (κ3) is 5.44. The first kappa shape index (κ1) is 19.2. The number of carbonyl (C=O) groups is 1. The van der Waals surface area contributed by atoms with E-state index in [4.69, 9.17) is 9.47 Å². The standard InChI is InChI=1S/C21H20FN3O3/c1-27-18-6-8-19(9-7-18)28-12-11-23-20-10-5-17(14-24-20)25-21(26)15-3-2-4-16(22)13-15/h2-10,13-14H,11-12H2,1H3,(H,23,24)(H,25,26). The zero-order chi connectivity index (χ0) is 19.8. The topological polar surface area (TPSA) is 72.5 Å². The largest absolute Gasteiger partial charge is 0.497 e. The van der Waals surface area contributed by atoms with E-state index in [-0.39, 0.29) is 5.56 Å². The second-order valence-electron chi connectivity index (χ2n) is 5.85. The summed E-state index contributed by atoms with van der Waals surface area (Å²) >= 11 is 0. The number of aromatic nitrogens is 1. The van der Waals surface area contributed by atoms with Crippen molar-refractivity contribution >= 4 is 17.4 Å². The van der Waals surface area contributed by atoms with Gasteiger partial charge in [0.15, 0.2) is 0 Å². The van der Waals surface area contributed by atoms with E-state index < -0.39 is 11.7 Å². The first-order valence-electron chi connectivity index (χ1n) is 8.68. The first-order valence-corrected chi connectivity index (χ1v) is 8.68. The lowest BCUT2D eigenvalue weighted by Gasteiger charge is -2.09. The van der Waals surface area contributed by atoms with Gasteiger partial charge in [-0.3, -0.25) is 4.79 Å². The summed E-state index contributed by atoms with van der Waals surface area (Å²) in [5.41, 5.74) is 0.771. The smallest absolute Gasteiger partial charge is 0.255 e. The number of methoxy groups -OCH3 is 1. The Morgan fingerprint density at radius 2 is 1.86 bits per heavy atom. The van der Waals surface area contributed by atoms with Gasteiger partial charge < -0.3 is 20.1 Å². The number of nitrogens with zero attached hydrogens (tertiary/aromatic N) is 1. The number of carbonyl (C=O) groups excluding carboxylic acids is 1. The maximum atomic E-state index is 13.2. The van der Waals surface area contributed by atoms with Gasteiger partial charge in [0.1, 0.15) is 29.7 Å². The minimum absolute atomic E-state index is 0.248. The van der Waals surface area contributed by atoms with Crippen LogP contribution in [0.5, 0.6) is 11.5 Å². The van der Waals surface area contributed by atoms with E-state index in [0.717, 1.165) is 11.5 Å². The average Bonchev–Trinajstić information content (AvgIpc) is 2.73. The predicted octanol–water partition coefficient (Wildman–Crippen LogP) is 3.97. The lowest BCUT2D eigenvalue weighted by atomic mass is 10.2. The average molecular weight is 381 g/mol. The highest BCUT2D eigenvalue weighted by Crippen LogP contribution is 2.17. The molecule has 0 fully saturated rings. The van der Waals surface area contributed by atoms with E-state index in [1.54, 1.807) is 25.3 Å². The maximum Gasteiger partial charge on any atom is 0.255 e. The van der Waals surface area contributed by atoms with Gasteiger partial charge in [0.05, 0.1) is 25.5 Å². The van der Waals surface area contributed by atoms with Crippen LogP contribution < -0.4 is 20.1 Å². The highest BCUT2D eigenvalue weighted by Gasteiger charge is 2.07. The van der Waals surface area contributed by atoms with Crippen LogP contribution in [0.1, 0.15) is 10.4 Å². The van der Waals surface area contributed by atoms with Crippen LogP contribution >= 0.6 is 0 Å². The Kier molecular flexibility index (Phi) is 6.41. The van der Waals surface area contributed by atoms with Gasteiger partial charge in [-0.25, -0.2) is 9.37 Å². The number of hydrogen-bond acceptors (Lipinski definition) is 5. The second-order valence-corrected chi connectivity index (χ2v) is 5.85. The van der Waals surface area contributed by atoms with E-state index >= 15 is 0 Å². The van der Waals surface area contributed by atoms with E-state index in [0.29, 0.717) is 24.7 Å². The molecular weight excluding hydrogens is 361 g/mol. The number of rotatable bonds is 8. The Labute approximate surface area is 162 Å². The molecule has 0 aliphatic rings. The Morgan fingerprint density at radius 3 is 2.54 bits per heavy atom. The Balaban J connectivity index is 1.44. The molecule has 1 amide bonds. The molecule has 0 spiro atoms. The van der Waals surface area contributed by atoms with Crippen LogP contribution in [0.3, 0.4) is 0 Å². The molecule has 1 heterocycles. The van der Waals surface area contributed by atoms with Crippen LogP contribution in [0.15, 0.2) is 66.9 Å². The van der Waals surface area contributed by atoms with E-state index in [1.807, 2.05) is 24.3 Å². The molecule has 7 heteroatoms. The van der Waals surface area contributed by atoms with Gasteiger partial charge in [-0.15, -0.1) is 0 Å². The number of benzene rings is 2. The van der Waals surface area contributed by atoms with Crippen molar-refractivity contribution in [3.05, 3.63) is 78.2 Å². The van der Waals surface area contributed by atoms with Gasteiger partial charge >= 0.3 is 0 Å². The van der Waals surface area contributed by atoms with Crippen LogP contribution in [0.4, 0.5) is 15.9 Å². The molecule has 6 nitrogen and oxygen atoms in total. The Hall–Kier alpha value is -3.61. The molecule has 0 unspecified atom stereocenters. The summed E-state index contributed by atoms with van der Waals surface area (Å²) in [7, 11) is 1.62. The number of ether oxygens (including phenoxy) is 2. The molecular formula is C21H20FN3O3. The van der Waals surface area contributed by atoms with Gasteiger partial charge in [0.2, 0.25) is 0 Å². The van der Waals surface area contributed by atoms with Crippen molar-refractivity contribution in [1.82, 2.24) is 4.98 Å². The third-order valence-corrected chi connectivity index (χ3v) is 3.84. The van der Waals surface area contributed by atoms with Crippen LogP contribution in [-0.4, -0.2) is 31.2 Å². The van der Waals surface area contributed by atoms with Gasteiger partial charge in [-0.05, 0) is 54.6 Å². The molecule has 2 N–H and O–H groups in total. The molecule has 0 atom stereocenters. The zero-order valence-electron chi connectivity index (χ0n) is 15.3. The second kappa shape index (κ2) is 9.36. The van der Waals surface area contributed by atoms with Crippen LogP contribution in [0.2, 0.25) is 0 Å². The van der Waals surface area contributed by atoms with E-state index in [2.05, 4.69) is 15.6 Å². The number of amides is 1. The van der Waals surface area contributed by atoms with Gasteiger partial charge in [0.25, 0.3) is 5.91 Å². The van der Waals surface area contributed by atoms with E-state index in [9.17, 15) is 9.18 Å². The number of hydrogen-bond donors (Lipinski definition) is 2. The van der Waals surface area contributed by atoms with Crippen molar-refractivity contribution in [3.8, 4) is 11.5 Å². The van der Waals surface area contributed by atoms with Crippen molar-refractivity contribution < 1.29 is 18.7 Å². The minimum atomic E-state index is -0.456. The van der Waals surface area contributed by atoms with Crippen molar-refractivity contribution in [3.63, 3.8) is 0 Å². The Bertz CT molecular complexity index is 915. The van der Waals surface area contributed by atoms with Gasteiger partial charge in [-0.1, -0.05) is 6.07 Å². The molecule has 0 saturated heterocycles. The number of anilines is 2. The fourth-order valence-electron chi connectivity index (χ4n) is 2.43. The summed E-state index contributed by atoms with van der Waals surface area (Å²) in [5, 5.41) is 5.81. The quantitative estimate of drug-likeness (QED) is 0.578. The summed E-state index contributed by atoms with van der Waals surface area (Å²) in [6, 6.07) is 16.3. The summed E-state index contributed by atoms with van der Waals surface area (Å²) in [6.45, 7) is 1.03. The lowest BCUT2D eigenvalue weighted by molar-refractivity contribution is 0.102. The molecule has 144 valence electrons. The van der Waals surface area contributed by atoms with Crippen molar-refractivity contribution in [1.29, 1.82) is 0 Å². The zero-order valence-corrected chi connectivity index (χ0v) is 15.3. The van der Waals surface area contributed by atoms with Crippen LogP contribution in [0.25, 0.3) is 0 Å². The molecule has 3 rings (SSSR count). The molecule has 0 aliphatic heterocycles. The van der Waals surface area contributed by atoms with Crippen molar-refractivity contribution in [2.75, 3.05) is 30.9 Å². The fourth-order valence-corrected chi connectivity index (χ4v) is 2.43. The SMILES string of the molecule is COc1ccc(OCCNc2ccc(NC(=O)c3cccc(F)c3)cn2)cc1. The molecule has 0 radical (unpaired) electrons.